The number of benzene rings is 3. The van der Waals surface area contributed by atoms with Gasteiger partial charge in [-0.25, -0.2) is 17.9 Å². The standard InChI is InChI=1S/C24H22N4O7S/c1-28(18-9-12-21-22(14-18)35-15-34-21)23(29)20(13-16-5-3-2-4-6-16)25-24(30)27-36(32,33)19-10-7-17(26-31)8-11-19/h2-12,14,20H,13,15H2,1H3,(H2,25,27,30)/t20-/m0/s1. The number of likely N-dealkylation sites (N-methyl/N-ethyl adjacent to an activating group) is 1. The minimum Gasteiger partial charge on any atom is -0.454 e. The number of carbonyl (C=O) groups is 2. The molecule has 1 aliphatic rings. The quantitative estimate of drug-likeness (QED) is 0.443. The largest absolute Gasteiger partial charge is 0.454 e. The molecule has 3 amide bonds. The summed E-state index contributed by atoms with van der Waals surface area (Å²) in [6.07, 6.45) is 0.113. The molecule has 2 N–H and O–H groups in total. The molecule has 0 saturated carbocycles. The van der Waals surface area contributed by atoms with Crippen LogP contribution >= 0.6 is 0 Å². The van der Waals surface area contributed by atoms with Gasteiger partial charge in [-0.2, -0.15) is 0 Å². The molecule has 4 rings (SSSR count). The van der Waals surface area contributed by atoms with Gasteiger partial charge in [0.05, 0.1) is 4.90 Å². The Kier molecular flexibility index (Phi) is 7.15. The Hall–Kier alpha value is -4.45. The number of ether oxygens (including phenoxy) is 2. The Balaban J connectivity index is 1.53. The molecule has 3 aromatic rings. The van der Waals surface area contributed by atoms with E-state index in [2.05, 4.69) is 10.5 Å². The fraction of sp³-hybridized carbons (Fsp3) is 0.167. The van der Waals surface area contributed by atoms with Gasteiger partial charge in [-0.3, -0.25) is 4.79 Å². The molecule has 0 unspecified atom stereocenters. The topological polar surface area (TPSA) is 143 Å². The number of fused-ring (bicyclic) bond motifs is 1. The lowest BCUT2D eigenvalue weighted by Crippen LogP contribution is -2.52. The van der Waals surface area contributed by atoms with Gasteiger partial charge in [0.1, 0.15) is 11.7 Å². The lowest BCUT2D eigenvalue weighted by molar-refractivity contribution is -0.120. The van der Waals surface area contributed by atoms with Crippen molar-refractivity contribution in [3.05, 3.63) is 83.3 Å². The molecule has 186 valence electrons. The van der Waals surface area contributed by atoms with Crippen LogP contribution in [0.25, 0.3) is 0 Å². The summed E-state index contributed by atoms with van der Waals surface area (Å²) in [5.41, 5.74) is 1.30. The zero-order valence-corrected chi connectivity index (χ0v) is 19.9. The van der Waals surface area contributed by atoms with Crippen LogP contribution in [0.5, 0.6) is 11.5 Å². The Morgan fingerprint density at radius 1 is 1.00 bits per heavy atom. The summed E-state index contributed by atoms with van der Waals surface area (Å²) >= 11 is 0. The highest BCUT2D eigenvalue weighted by atomic mass is 32.2. The first-order valence-electron chi connectivity index (χ1n) is 10.7. The molecule has 0 radical (unpaired) electrons. The van der Waals surface area contributed by atoms with E-state index in [1.807, 2.05) is 10.8 Å². The highest BCUT2D eigenvalue weighted by molar-refractivity contribution is 7.90. The second-order valence-electron chi connectivity index (χ2n) is 7.84. The number of sulfonamides is 1. The second kappa shape index (κ2) is 10.4. The first-order valence-corrected chi connectivity index (χ1v) is 12.2. The Labute approximate surface area is 207 Å². The molecule has 0 aliphatic carbocycles. The third-order valence-corrected chi connectivity index (χ3v) is 6.79. The lowest BCUT2D eigenvalue weighted by Gasteiger charge is -2.25. The van der Waals surface area contributed by atoms with E-state index in [0.29, 0.717) is 17.2 Å². The van der Waals surface area contributed by atoms with Crippen LogP contribution < -0.4 is 24.4 Å². The van der Waals surface area contributed by atoms with Crippen molar-refractivity contribution in [2.75, 3.05) is 18.7 Å². The van der Waals surface area contributed by atoms with Gasteiger partial charge in [0.15, 0.2) is 11.5 Å². The van der Waals surface area contributed by atoms with E-state index in [0.717, 1.165) is 17.7 Å². The number of carbonyl (C=O) groups excluding carboxylic acids is 2. The Morgan fingerprint density at radius 3 is 2.39 bits per heavy atom. The van der Waals surface area contributed by atoms with Crippen molar-refractivity contribution in [1.29, 1.82) is 0 Å². The van der Waals surface area contributed by atoms with Gasteiger partial charge in [0, 0.05) is 25.2 Å². The number of amides is 3. The van der Waals surface area contributed by atoms with Gasteiger partial charge in [-0.05, 0) is 47.1 Å². The maximum absolute atomic E-state index is 13.4. The molecule has 1 atom stereocenters. The molecule has 0 saturated heterocycles. The van der Waals surface area contributed by atoms with Crippen LogP contribution in [0.4, 0.5) is 16.2 Å². The van der Waals surface area contributed by atoms with Gasteiger partial charge in [0.25, 0.3) is 10.0 Å². The number of hydrogen-bond donors (Lipinski definition) is 2. The number of urea groups is 1. The smallest absolute Gasteiger partial charge is 0.329 e. The van der Waals surface area contributed by atoms with Gasteiger partial charge in [-0.15, -0.1) is 4.91 Å². The number of anilines is 1. The highest BCUT2D eigenvalue weighted by Crippen LogP contribution is 2.35. The summed E-state index contributed by atoms with van der Waals surface area (Å²) in [6, 6.07) is 16.5. The number of nitrogens with one attached hydrogen (secondary N) is 2. The Morgan fingerprint density at radius 2 is 1.69 bits per heavy atom. The molecular weight excluding hydrogens is 488 g/mol. The normalized spacial score (nSPS) is 12.9. The summed E-state index contributed by atoms with van der Waals surface area (Å²) in [4.78, 5) is 37.8. The van der Waals surface area contributed by atoms with Crippen molar-refractivity contribution in [3.8, 4) is 11.5 Å². The zero-order valence-electron chi connectivity index (χ0n) is 19.1. The number of rotatable bonds is 8. The highest BCUT2D eigenvalue weighted by Gasteiger charge is 2.28. The average molecular weight is 511 g/mol. The average Bonchev–Trinajstić information content (AvgIpc) is 3.36. The first kappa shape index (κ1) is 24.7. The van der Waals surface area contributed by atoms with E-state index < -0.39 is 28.0 Å². The van der Waals surface area contributed by atoms with Crippen molar-refractivity contribution in [2.24, 2.45) is 5.18 Å². The maximum atomic E-state index is 13.4. The van der Waals surface area contributed by atoms with Gasteiger partial charge in [-0.1, -0.05) is 30.3 Å². The van der Waals surface area contributed by atoms with Crippen LogP contribution in [-0.2, 0) is 21.2 Å². The molecule has 0 spiro atoms. The summed E-state index contributed by atoms with van der Waals surface area (Å²) in [7, 11) is -2.73. The summed E-state index contributed by atoms with van der Waals surface area (Å²) in [5, 5.41) is 5.18. The number of hydrogen-bond acceptors (Lipinski definition) is 8. The molecule has 1 heterocycles. The van der Waals surface area contributed by atoms with E-state index in [4.69, 9.17) is 9.47 Å². The fourth-order valence-electron chi connectivity index (χ4n) is 3.56. The van der Waals surface area contributed by atoms with E-state index in [-0.39, 0.29) is 23.8 Å². The number of nitroso groups, excluding NO2 is 1. The van der Waals surface area contributed by atoms with Crippen LogP contribution in [-0.4, -0.2) is 40.2 Å². The third-order valence-electron chi connectivity index (χ3n) is 5.44. The van der Waals surface area contributed by atoms with Gasteiger partial charge in [0.2, 0.25) is 12.7 Å². The Bertz CT molecular complexity index is 1380. The van der Waals surface area contributed by atoms with Gasteiger partial charge >= 0.3 is 6.03 Å². The fourth-order valence-corrected chi connectivity index (χ4v) is 4.47. The molecule has 11 nitrogen and oxygen atoms in total. The zero-order chi connectivity index (χ0) is 25.7. The monoisotopic (exact) mass is 510 g/mol. The van der Waals surface area contributed by atoms with E-state index >= 15 is 0 Å². The molecule has 36 heavy (non-hydrogen) atoms. The first-order chi connectivity index (χ1) is 17.3. The van der Waals surface area contributed by atoms with Crippen LogP contribution in [0.1, 0.15) is 5.56 Å². The predicted octanol–water partition coefficient (Wildman–Crippen LogP) is 3.08. The SMILES string of the molecule is CN(C(=O)[C@H](Cc1ccccc1)NC(=O)NS(=O)(=O)c1ccc(N=O)cc1)c1ccc2c(c1)OCO2. The third kappa shape index (κ3) is 5.61. The molecule has 1 aliphatic heterocycles. The minimum absolute atomic E-state index is 0.0403. The van der Waals surface area contributed by atoms with Crippen LogP contribution in [0.15, 0.2) is 82.9 Å². The molecule has 0 fully saturated rings. The predicted molar refractivity (Wildman–Crippen MR) is 131 cm³/mol. The van der Waals surface area contributed by atoms with Crippen molar-refractivity contribution in [3.63, 3.8) is 0 Å². The van der Waals surface area contributed by atoms with Crippen LogP contribution in [0, 0.1) is 4.91 Å². The summed E-state index contributed by atoms with van der Waals surface area (Å²) in [6.45, 7) is 0.0810. The molecular formula is C24H22N4O7S. The van der Waals surface area contributed by atoms with Crippen LogP contribution in [0.3, 0.4) is 0 Å². The number of nitrogens with zero attached hydrogens (tertiary/aromatic N) is 2. The van der Waals surface area contributed by atoms with Crippen molar-refractivity contribution < 1.29 is 27.5 Å². The molecule has 3 aromatic carbocycles. The van der Waals surface area contributed by atoms with Crippen molar-refractivity contribution in [2.45, 2.75) is 17.4 Å². The maximum Gasteiger partial charge on any atom is 0.329 e. The van der Waals surface area contributed by atoms with E-state index in [1.54, 1.807) is 42.5 Å². The van der Waals surface area contributed by atoms with Crippen LogP contribution in [0.2, 0.25) is 0 Å². The molecule has 12 heteroatoms. The van der Waals surface area contributed by atoms with E-state index in [1.165, 1.54) is 24.1 Å². The summed E-state index contributed by atoms with van der Waals surface area (Å²) in [5.74, 6) is 0.561. The van der Waals surface area contributed by atoms with Gasteiger partial charge < -0.3 is 19.7 Å². The van der Waals surface area contributed by atoms with Crippen molar-refractivity contribution in [1.82, 2.24) is 10.0 Å². The molecule has 0 bridgehead atoms. The minimum atomic E-state index is -4.27. The van der Waals surface area contributed by atoms with E-state index in [9.17, 15) is 22.9 Å². The second-order valence-corrected chi connectivity index (χ2v) is 9.52. The molecule has 0 aromatic heterocycles. The summed E-state index contributed by atoms with van der Waals surface area (Å²) < 4.78 is 37.8. The lowest BCUT2D eigenvalue weighted by atomic mass is 10.0. The van der Waals surface area contributed by atoms with Crippen molar-refractivity contribution >= 4 is 33.3 Å².